The van der Waals surface area contributed by atoms with Crippen LogP contribution in [0, 0.1) is 0 Å². The van der Waals surface area contributed by atoms with Gasteiger partial charge >= 0.3 is 0 Å². The van der Waals surface area contributed by atoms with Crippen LogP contribution in [0.15, 0.2) is 17.3 Å². The van der Waals surface area contributed by atoms with E-state index in [4.69, 9.17) is 0 Å². The van der Waals surface area contributed by atoms with Crippen molar-refractivity contribution >= 4 is 6.34 Å². The SMILES string of the molecule is C=C(CC)N=CN(C)C. The Kier molecular flexibility index (Phi) is 3.76. The van der Waals surface area contributed by atoms with Gasteiger partial charge < -0.3 is 4.90 Å². The number of allylic oxidation sites excluding steroid dienone is 1. The van der Waals surface area contributed by atoms with E-state index in [1.54, 1.807) is 6.34 Å². The Labute approximate surface area is 56.9 Å². The second-order valence-electron chi connectivity index (χ2n) is 2.13. The molecule has 9 heavy (non-hydrogen) atoms. The highest BCUT2D eigenvalue weighted by molar-refractivity contribution is 5.55. The fraction of sp³-hybridized carbons (Fsp3) is 0.571. The number of rotatable bonds is 3. The third-order valence-electron chi connectivity index (χ3n) is 0.879. The number of nitrogens with zero attached hydrogens (tertiary/aromatic N) is 2. The molecule has 0 fully saturated rings. The van der Waals surface area contributed by atoms with Crippen molar-refractivity contribution in [2.75, 3.05) is 14.1 Å². The maximum absolute atomic E-state index is 4.05. The fourth-order valence-electron chi connectivity index (χ4n) is 0.288. The number of hydrogen-bond acceptors (Lipinski definition) is 1. The second-order valence-corrected chi connectivity index (χ2v) is 2.13. The van der Waals surface area contributed by atoms with Crippen LogP contribution in [0.1, 0.15) is 13.3 Å². The van der Waals surface area contributed by atoms with Gasteiger partial charge in [0.25, 0.3) is 0 Å². The molecule has 0 saturated heterocycles. The van der Waals surface area contributed by atoms with E-state index in [1.807, 2.05) is 25.9 Å². The van der Waals surface area contributed by atoms with Crippen molar-refractivity contribution in [1.29, 1.82) is 0 Å². The summed E-state index contributed by atoms with van der Waals surface area (Å²) in [6.45, 7) is 5.76. The maximum Gasteiger partial charge on any atom is 0.0902 e. The first-order chi connectivity index (χ1) is 4.16. The Morgan fingerprint density at radius 3 is 2.56 bits per heavy atom. The van der Waals surface area contributed by atoms with E-state index in [-0.39, 0.29) is 0 Å². The minimum Gasteiger partial charge on any atom is -0.369 e. The summed E-state index contributed by atoms with van der Waals surface area (Å²) in [5.41, 5.74) is 0.920. The monoisotopic (exact) mass is 126 g/mol. The van der Waals surface area contributed by atoms with Crippen molar-refractivity contribution in [3.63, 3.8) is 0 Å². The molecule has 0 radical (unpaired) electrons. The fourth-order valence-corrected chi connectivity index (χ4v) is 0.288. The highest BCUT2D eigenvalue weighted by Gasteiger charge is 1.81. The van der Waals surface area contributed by atoms with E-state index in [2.05, 4.69) is 11.6 Å². The van der Waals surface area contributed by atoms with Crippen LogP contribution in [0.2, 0.25) is 0 Å². The summed E-state index contributed by atoms with van der Waals surface area (Å²) in [5, 5.41) is 0. The Hall–Kier alpha value is -0.790. The van der Waals surface area contributed by atoms with Gasteiger partial charge in [-0.25, -0.2) is 4.99 Å². The van der Waals surface area contributed by atoms with Crippen LogP contribution in [-0.4, -0.2) is 25.3 Å². The Balaban J connectivity index is 3.57. The molecule has 0 rings (SSSR count). The normalized spacial score (nSPS) is 10.1. The van der Waals surface area contributed by atoms with Crippen LogP contribution in [0.3, 0.4) is 0 Å². The molecule has 0 bridgehead atoms. The first-order valence-electron chi connectivity index (χ1n) is 3.05. The summed E-state index contributed by atoms with van der Waals surface area (Å²) < 4.78 is 0. The molecule has 0 aromatic rings. The Morgan fingerprint density at radius 1 is 1.67 bits per heavy atom. The zero-order chi connectivity index (χ0) is 7.28. The Morgan fingerprint density at radius 2 is 2.22 bits per heavy atom. The predicted octanol–water partition coefficient (Wildman–Crippen LogP) is 1.50. The largest absolute Gasteiger partial charge is 0.369 e. The molecule has 0 aliphatic heterocycles. The summed E-state index contributed by atoms with van der Waals surface area (Å²) in [4.78, 5) is 5.94. The van der Waals surface area contributed by atoms with Crippen molar-refractivity contribution in [2.24, 2.45) is 4.99 Å². The molecule has 0 spiro atoms. The highest BCUT2D eigenvalue weighted by Crippen LogP contribution is 1.95. The molecule has 0 unspecified atom stereocenters. The molecule has 0 amide bonds. The topological polar surface area (TPSA) is 15.6 Å². The van der Waals surface area contributed by atoms with Gasteiger partial charge in [-0.1, -0.05) is 13.5 Å². The molecule has 0 N–H and O–H groups in total. The van der Waals surface area contributed by atoms with Crippen LogP contribution in [0.25, 0.3) is 0 Å². The number of hydrogen-bond donors (Lipinski definition) is 0. The van der Waals surface area contributed by atoms with E-state index in [0.717, 1.165) is 12.1 Å². The van der Waals surface area contributed by atoms with Gasteiger partial charge in [-0.05, 0) is 6.42 Å². The third-order valence-corrected chi connectivity index (χ3v) is 0.879. The minimum absolute atomic E-state index is 0.920. The first-order valence-corrected chi connectivity index (χ1v) is 3.05. The molecule has 0 aromatic heterocycles. The summed E-state index contributed by atoms with van der Waals surface area (Å²) in [7, 11) is 3.87. The molecule has 0 aliphatic rings. The average Bonchev–Trinajstić information content (AvgIpc) is 1.83. The van der Waals surface area contributed by atoms with Gasteiger partial charge in [-0.15, -0.1) is 0 Å². The van der Waals surface area contributed by atoms with Crippen LogP contribution in [-0.2, 0) is 0 Å². The van der Waals surface area contributed by atoms with E-state index >= 15 is 0 Å². The molecule has 0 atom stereocenters. The maximum atomic E-state index is 4.05. The lowest BCUT2D eigenvalue weighted by Gasteiger charge is -2.01. The van der Waals surface area contributed by atoms with Gasteiger partial charge in [0.2, 0.25) is 0 Å². The first kappa shape index (κ1) is 8.21. The number of aliphatic imine (C=N–C) groups is 1. The highest BCUT2D eigenvalue weighted by atomic mass is 15.1. The molecule has 0 aromatic carbocycles. The van der Waals surface area contributed by atoms with Crippen molar-refractivity contribution in [3.8, 4) is 0 Å². The molecular weight excluding hydrogens is 112 g/mol. The van der Waals surface area contributed by atoms with E-state index in [1.165, 1.54) is 0 Å². The van der Waals surface area contributed by atoms with Crippen LogP contribution in [0.4, 0.5) is 0 Å². The predicted molar refractivity (Wildman–Crippen MR) is 41.6 cm³/mol. The van der Waals surface area contributed by atoms with Gasteiger partial charge in [0.05, 0.1) is 6.34 Å². The second kappa shape index (κ2) is 4.13. The van der Waals surface area contributed by atoms with Crippen LogP contribution < -0.4 is 0 Å². The van der Waals surface area contributed by atoms with Crippen molar-refractivity contribution in [1.82, 2.24) is 4.90 Å². The van der Waals surface area contributed by atoms with Crippen LogP contribution >= 0.6 is 0 Å². The zero-order valence-electron chi connectivity index (χ0n) is 6.39. The molecule has 0 heterocycles. The minimum atomic E-state index is 0.920. The molecule has 0 saturated carbocycles. The van der Waals surface area contributed by atoms with E-state index in [0.29, 0.717) is 0 Å². The van der Waals surface area contributed by atoms with Crippen molar-refractivity contribution < 1.29 is 0 Å². The lowest BCUT2D eigenvalue weighted by Crippen LogP contribution is -2.07. The lowest BCUT2D eigenvalue weighted by molar-refractivity contribution is 0.641. The van der Waals surface area contributed by atoms with Crippen LogP contribution in [0.5, 0.6) is 0 Å². The summed E-state index contributed by atoms with van der Waals surface area (Å²) in [5.74, 6) is 0. The molecule has 2 heteroatoms. The van der Waals surface area contributed by atoms with Crippen molar-refractivity contribution in [2.45, 2.75) is 13.3 Å². The average molecular weight is 126 g/mol. The van der Waals surface area contributed by atoms with E-state index in [9.17, 15) is 0 Å². The van der Waals surface area contributed by atoms with Gasteiger partial charge in [0.15, 0.2) is 0 Å². The van der Waals surface area contributed by atoms with Crippen molar-refractivity contribution in [3.05, 3.63) is 12.3 Å². The zero-order valence-corrected chi connectivity index (χ0v) is 6.39. The van der Waals surface area contributed by atoms with Gasteiger partial charge in [0.1, 0.15) is 0 Å². The smallest absolute Gasteiger partial charge is 0.0902 e. The van der Waals surface area contributed by atoms with Gasteiger partial charge in [-0.2, -0.15) is 0 Å². The molecule has 2 nitrogen and oxygen atoms in total. The summed E-state index contributed by atoms with van der Waals surface area (Å²) >= 11 is 0. The standard InChI is InChI=1S/C7H14N2/c1-5-7(2)8-6-9(3)4/h6H,2,5H2,1,3-4H3. The van der Waals surface area contributed by atoms with E-state index < -0.39 is 0 Å². The molecule has 0 aliphatic carbocycles. The summed E-state index contributed by atoms with van der Waals surface area (Å²) in [6, 6.07) is 0. The molecular formula is C7H14N2. The lowest BCUT2D eigenvalue weighted by atomic mass is 10.4. The van der Waals surface area contributed by atoms with Gasteiger partial charge in [-0.3, -0.25) is 0 Å². The Bertz CT molecular complexity index is 114. The quantitative estimate of drug-likeness (QED) is 0.413. The van der Waals surface area contributed by atoms with Gasteiger partial charge in [0, 0.05) is 19.8 Å². The summed E-state index contributed by atoms with van der Waals surface area (Å²) in [6.07, 6.45) is 2.68. The third kappa shape index (κ3) is 5.07. The molecule has 52 valence electrons.